The molecule has 1 aromatic carbocycles. The first-order valence-corrected chi connectivity index (χ1v) is 7.55. The van der Waals surface area contributed by atoms with Crippen molar-refractivity contribution in [1.29, 1.82) is 0 Å². The van der Waals surface area contributed by atoms with Gasteiger partial charge < -0.3 is 14.3 Å². The van der Waals surface area contributed by atoms with E-state index < -0.39 is 29.3 Å². The second-order valence-corrected chi connectivity index (χ2v) is 5.71. The number of hydrogen-bond acceptors (Lipinski definition) is 6. The Bertz CT molecular complexity index is 694. The zero-order valence-electron chi connectivity index (χ0n) is 13.3. The average molecular weight is 355 g/mol. The molecule has 25 heavy (non-hydrogen) atoms. The molecule has 3 rings (SSSR count). The minimum absolute atomic E-state index is 0.0102. The maximum atomic E-state index is 14.7. The maximum absolute atomic E-state index is 14.7. The number of alkyl halides is 2. The molecule has 0 N–H and O–H groups in total. The summed E-state index contributed by atoms with van der Waals surface area (Å²) in [5.74, 6) is -8.03. The number of benzene rings is 1. The maximum Gasteiger partial charge on any atom is 0.405 e. The van der Waals surface area contributed by atoms with E-state index >= 15 is 0 Å². The highest BCUT2D eigenvalue weighted by molar-refractivity contribution is 6.20. The average Bonchev–Trinajstić information content (AvgIpc) is 2.87. The SMILES string of the molecule is COC1(C(F)(F)C(=O)ON2C(=O)c3ccccc3C2=O)CCOCC1. The molecule has 0 saturated carbocycles. The largest absolute Gasteiger partial charge is 0.405 e. The topological polar surface area (TPSA) is 82.1 Å². The zero-order chi connectivity index (χ0) is 18.2. The molecule has 1 saturated heterocycles. The van der Waals surface area contributed by atoms with Crippen LogP contribution in [0.4, 0.5) is 8.78 Å². The number of amides is 2. The van der Waals surface area contributed by atoms with E-state index in [-0.39, 0.29) is 42.2 Å². The van der Waals surface area contributed by atoms with Gasteiger partial charge in [0.25, 0.3) is 11.8 Å². The Kier molecular flexibility index (Phi) is 4.29. The van der Waals surface area contributed by atoms with Crippen LogP contribution < -0.4 is 0 Å². The van der Waals surface area contributed by atoms with E-state index in [2.05, 4.69) is 4.84 Å². The summed E-state index contributed by atoms with van der Waals surface area (Å²) in [6.45, 7) is -0.0204. The summed E-state index contributed by atoms with van der Waals surface area (Å²) in [7, 11) is 1.06. The van der Waals surface area contributed by atoms with Gasteiger partial charge in [0.1, 0.15) is 5.60 Å². The number of nitrogens with zero attached hydrogens (tertiary/aromatic N) is 1. The van der Waals surface area contributed by atoms with Crippen molar-refractivity contribution in [3.8, 4) is 0 Å². The van der Waals surface area contributed by atoms with E-state index in [1.54, 1.807) is 0 Å². The first-order valence-electron chi connectivity index (χ1n) is 7.55. The molecule has 2 amide bonds. The van der Waals surface area contributed by atoms with E-state index in [0.29, 0.717) is 0 Å². The number of halogens is 2. The summed E-state index contributed by atoms with van der Waals surface area (Å²) in [6, 6.07) is 5.70. The molecule has 1 aromatic rings. The van der Waals surface area contributed by atoms with Crippen LogP contribution in [0.1, 0.15) is 33.6 Å². The molecule has 0 radical (unpaired) electrons. The highest BCUT2D eigenvalue weighted by Gasteiger charge is 2.62. The number of fused-ring (bicyclic) bond motifs is 1. The summed E-state index contributed by atoms with van der Waals surface area (Å²) < 4.78 is 39.3. The molecule has 0 atom stereocenters. The van der Waals surface area contributed by atoms with Gasteiger partial charge in [0.2, 0.25) is 0 Å². The molecular weight excluding hydrogens is 340 g/mol. The molecular formula is C16H15F2NO6. The van der Waals surface area contributed by atoms with Crippen molar-refractivity contribution in [2.45, 2.75) is 24.4 Å². The standard InChI is InChI=1S/C16H15F2NO6/c1-23-15(6-8-24-9-7-15)16(17,18)14(22)25-19-12(20)10-4-2-3-5-11(10)13(19)21/h2-5H,6-9H2,1H3. The van der Waals surface area contributed by atoms with Crippen LogP contribution in [0, 0.1) is 0 Å². The number of carbonyl (C=O) groups is 3. The summed E-state index contributed by atoms with van der Waals surface area (Å²) in [5.41, 5.74) is -2.15. The lowest BCUT2D eigenvalue weighted by Gasteiger charge is -2.40. The fourth-order valence-electron chi connectivity index (χ4n) is 2.92. The van der Waals surface area contributed by atoms with Crippen LogP contribution in [0.25, 0.3) is 0 Å². The molecule has 0 unspecified atom stereocenters. The number of hydroxylamine groups is 2. The van der Waals surface area contributed by atoms with Crippen LogP contribution in [0.3, 0.4) is 0 Å². The summed E-state index contributed by atoms with van der Waals surface area (Å²) in [4.78, 5) is 40.8. The fourth-order valence-corrected chi connectivity index (χ4v) is 2.92. The predicted molar refractivity (Wildman–Crippen MR) is 77.8 cm³/mol. The van der Waals surface area contributed by atoms with Crippen LogP contribution in [-0.2, 0) is 19.1 Å². The molecule has 7 nitrogen and oxygen atoms in total. The van der Waals surface area contributed by atoms with Crippen LogP contribution in [0.2, 0.25) is 0 Å². The molecule has 0 aromatic heterocycles. The van der Waals surface area contributed by atoms with Crippen molar-refractivity contribution in [1.82, 2.24) is 5.06 Å². The van der Waals surface area contributed by atoms with Crippen LogP contribution in [0.5, 0.6) is 0 Å². The summed E-state index contributed by atoms with van der Waals surface area (Å²) in [6.07, 6.45) is -0.457. The highest BCUT2D eigenvalue weighted by atomic mass is 19.3. The van der Waals surface area contributed by atoms with Crippen molar-refractivity contribution in [2.24, 2.45) is 0 Å². The molecule has 2 aliphatic rings. The quantitative estimate of drug-likeness (QED) is 0.763. The fraction of sp³-hybridized carbons (Fsp3) is 0.438. The number of carbonyl (C=O) groups excluding carboxylic acids is 3. The van der Waals surface area contributed by atoms with Gasteiger partial charge in [0, 0.05) is 33.2 Å². The molecule has 2 aliphatic heterocycles. The van der Waals surface area contributed by atoms with E-state index in [1.807, 2.05) is 0 Å². The number of hydrogen-bond donors (Lipinski definition) is 0. The van der Waals surface area contributed by atoms with E-state index in [0.717, 1.165) is 7.11 Å². The van der Waals surface area contributed by atoms with Gasteiger partial charge in [-0.3, -0.25) is 9.59 Å². The van der Waals surface area contributed by atoms with Crippen LogP contribution in [0.15, 0.2) is 24.3 Å². The van der Waals surface area contributed by atoms with Crippen LogP contribution in [-0.4, -0.2) is 54.7 Å². The molecule has 0 bridgehead atoms. The Labute approximate surface area is 141 Å². The summed E-state index contributed by atoms with van der Waals surface area (Å²) in [5, 5.41) is 0.0591. The number of methoxy groups -OCH3 is 1. The van der Waals surface area contributed by atoms with Crippen molar-refractivity contribution in [3.05, 3.63) is 35.4 Å². The third-order valence-electron chi connectivity index (χ3n) is 4.45. The second-order valence-electron chi connectivity index (χ2n) is 5.71. The molecule has 0 aliphatic carbocycles. The van der Waals surface area contributed by atoms with Crippen molar-refractivity contribution < 1.29 is 37.5 Å². The monoisotopic (exact) mass is 355 g/mol. The summed E-state index contributed by atoms with van der Waals surface area (Å²) >= 11 is 0. The number of ether oxygens (including phenoxy) is 2. The highest BCUT2D eigenvalue weighted by Crippen LogP contribution is 2.41. The van der Waals surface area contributed by atoms with Crippen molar-refractivity contribution in [2.75, 3.05) is 20.3 Å². The lowest BCUT2D eigenvalue weighted by Crippen LogP contribution is -2.58. The Balaban J connectivity index is 1.82. The predicted octanol–water partition coefficient (Wildman–Crippen LogP) is 1.57. The van der Waals surface area contributed by atoms with Gasteiger partial charge in [0.15, 0.2) is 0 Å². The molecule has 134 valence electrons. The second kappa shape index (κ2) is 6.16. The van der Waals surface area contributed by atoms with Gasteiger partial charge in [-0.1, -0.05) is 17.2 Å². The molecule has 9 heteroatoms. The Morgan fingerprint density at radius 3 is 2.16 bits per heavy atom. The number of imide groups is 1. The Morgan fingerprint density at radius 2 is 1.68 bits per heavy atom. The first-order chi connectivity index (χ1) is 11.8. The zero-order valence-corrected chi connectivity index (χ0v) is 13.3. The molecule has 2 heterocycles. The number of rotatable bonds is 4. The first kappa shape index (κ1) is 17.4. The minimum Gasteiger partial charge on any atom is -0.381 e. The van der Waals surface area contributed by atoms with E-state index in [1.165, 1.54) is 24.3 Å². The lowest BCUT2D eigenvalue weighted by molar-refractivity contribution is -0.250. The van der Waals surface area contributed by atoms with Gasteiger partial charge in [-0.05, 0) is 12.1 Å². The lowest BCUT2D eigenvalue weighted by atomic mass is 9.87. The normalized spacial score (nSPS) is 19.7. The van der Waals surface area contributed by atoms with Gasteiger partial charge in [-0.2, -0.15) is 8.78 Å². The Hall–Kier alpha value is -2.39. The van der Waals surface area contributed by atoms with E-state index in [4.69, 9.17) is 9.47 Å². The van der Waals surface area contributed by atoms with Crippen LogP contribution >= 0.6 is 0 Å². The van der Waals surface area contributed by atoms with Gasteiger partial charge in [-0.25, -0.2) is 4.79 Å². The van der Waals surface area contributed by atoms with Gasteiger partial charge >= 0.3 is 11.9 Å². The molecule has 1 fully saturated rings. The van der Waals surface area contributed by atoms with Crippen molar-refractivity contribution >= 4 is 17.8 Å². The minimum atomic E-state index is -4.07. The van der Waals surface area contributed by atoms with Crippen molar-refractivity contribution in [3.63, 3.8) is 0 Å². The smallest absolute Gasteiger partial charge is 0.381 e. The third-order valence-corrected chi connectivity index (χ3v) is 4.45. The van der Waals surface area contributed by atoms with E-state index in [9.17, 15) is 23.2 Å². The Morgan fingerprint density at radius 1 is 1.16 bits per heavy atom. The van der Waals surface area contributed by atoms with Gasteiger partial charge in [-0.15, -0.1) is 0 Å². The molecule has 0 spiro atoms. The third kappa shape index (κ3) is 2.59. The van der Waals surface area contributed by atoms with Gasteiger partial charge in [0.05, 0.1) is 11.1 Å².